The van der Waals surface area contributed by atoms with Gasteiger partial charge in [0.15, 0.2) is 0 Å². The number of thioether (sulfide) groups is 2. The molecule has 138 valence electrons. The van der Waals surface area contributed by atoms with E-state index in [1.165, 1.54) is 11.3 Å². The predicted molar refractivity (Wildman–Crippen MR) is 114 cm³/mol. The lowest BCUT2D eigenvalue weighted by Crippen LogP contribution is -2.26. The molecule has 0 bridgehead atoms. The van der Waals surface area contributed by atoms with E-state index in [2.05, 4.69) is 67.1 Å². The molecule has 0 spiro atoms. The Labute approximate surface area is 163 Å². The minimum atomic E-state index is -0.0293. The van der Waals surface area contributed by atoms with Gasteiger partial charge in [0.2, 0.25) is 5.91 Å². The molecule has 6 heteroatoms. The molecule has 1 N–H and O–H groups in total. The van der Waals surface area contributed by atoms with Crippen LogP contribution in [0.3, 0.4) is 0 Å². The average Bonchev–Trinajstić information content (AvgIpc) is 3.12. The summed E-state index contributed by atoms with van der Waals surface area (Å²) in [5.41, 5.74) is 8.37. The molecule has 0 aliphatic carbocycles. The molecule has 0 unspecified atom stereocenters. The third-order valence-corrected chi connectivity index (χ3v) is 7.89. The molecule has 2 heterocycles. The van der Waals surface area contributed by atoms with Crippen LogP contribution in [-0.4, -0.2) is 32.3 Å². The summed E-state index contributed by atoms with van der Waals surface area (Å²) in [6.07, 6.45) is 2.23. The molecular weight excluding hydrogens is 362 g/mol. The maximum atomic E-state index is 12.2. The summed E-state index contributed by atoms with van der Waals surface area (Å²) in [5.74, 6) is 2.20. The van der Waals surface area contributed by atoms with Crippen LogP contribution >= 0.6 is 23.5 Å². The number of amides is 1. The number of rotatable bonds is 5. The number of para-hydroxylation sites is 1. The third-order valence-electron chi connectivity index (χ3n) is 4.60. The quantitative estimate of drug-likeness (QED) is 0.609. The molecule has 2 aromatic rings. The van der Waals surface area contributed by atoms with Gasteiger partial charge in [0.05, 0.1) is 16.7 Å². The molecule has 0 radical (unpaired) electrons. The first-order valence-electron chi connectivity index (χ1n) is 8.74. The fraction of sp³-hybridized carbons (Fsp3) is 0.400. The van der Waals surface area contributed by atoms with Crippen LogP contribution in [0.25, 0.3) is 5.69 Å². The van der Waals surface area contributed by atoms with Gasteiger partial charge in [0, 0.05) is 34.1 Å². The molecule has 1 aliphatic heterocycles. The molecule has 26 heavy (non-hydrogen) atoms. The van der Waals surface area contributed by atoms with E-state index in [9.17, 15) is 4.79 Å². The molecule has 1 aliphatic rings. The lowest BCUT2D eigenvalue weighted by atomic mass is 10.2. The summed E-state index contributed by atoms with van der Waals surface area (Å²) in [5, 5.41) is 4.19. The Kier molecular flexibility index (Phi) is 5.82. The first-order chi connectivity index (χ1) is 12.4. The first-order valence-corrected chi connectivity index (χ1v) is 10.7. The van der Waals surface area contributed by atoms with Crippen molar-refractivity contribution >= 4 is 35.6 Å². The predicted octanol–water partition coefficient (Wildman–Crippen LogP) is 4.44. The first kappa shape index (κ1) is 19.1. The van der Waals surface area contributed by atoms with Gasteiger partial charge in [0.25, 0.3) is 0 Å². The van der Waals surface area contributed by atoms with Crippen LogP contribution in [0.4, 0.5) is 0 Å². The van der Waals surface area contributed by atoms with Crippen molar-refractivity contribution in [3.8, 4) is 5.69 Å². The Morgan fingerprint density at radius 1 is 1.27 bits per heavy atom. The number of carbonyl (C=O) groups is 1. The number of aryl methyl sites for hydroxylation is 2. The number of hydrazone groups is 1. The van der Waals surface area contributed by atoms with Crippen molar-refractivity contribution in [2.75, 3.05) is 11.5 Å². The minimum Gasteiger partial charge on any atom is -0.318 e. The Morgan fingerprint density at radius 2 is 1.96 bits per heavy atom. The van der Waals surface area contributed by atoms with E-state index in [0.29, 0.717) is 6.42 Å². The second-order valence-electron chi connectivity index (χ2n) is 6.75. The van der Waals surface area contributed by atoms with Gasteiger partial charge in [0.1, 0.15) is 0 Å². The van der Waals surface area contributed by atoms with Gasteiger partial charge in [-0.25, -0.2) is 5.43 Å². The maximum Gasteiger partial charge on any atom is 0.242 e. The van der Waals surface area contributed by atoms with Crippen molar-refractivity contribution < 1.29 is 4.79 Å². The zero-order valence-electron chi connectivity index (χ0n) is 15.7. The zero-order chi connectivity index (χ0) is 18.7. The van der Waals surface area contributed by atoms with Gasteiger partial charge in [-0.3, -0.25) is 4.79 Å². The zero-order valence-corrected chi connectivity index (χ0v) is 17.3. The highest BCUT2D eigenvalue weighted by Crippen LogP contribution is 2.45. The number of hydrogen-bond acceptors (Lipinski definition) is 4. The van der Waals surface area contributed by atoms with E-state index in [-0.39, 0.29) is 9.99 Å². The fourth-order valence-corrected chi connectivity index (χ4v) is 6.10. The van der Waals surface area contributed by atoms with Gasteiger partial charge in [-0.15, -0.1) is 23.5 Å². The number of nitrogens with zero attached hydrogens (tertiary/aromatic N) is 2. The maximum absolute atomic E-state index is 12.2. The summed E-state index contributed by atoms with van der Waals surface area (Å²) in [7, 11) is 0. The van der Waals surface area contributed by atoms with E-state index in [4.69, 9.17) is 0 Å². The van der Waals surface area contributed by atoms with Crippen molar-refractivity contribution in [1.82, 2.24) is 9.99 Å². The molecule has 3 rings (SSSR count). The molecule has 1 fully saturated rings. The number of hydrogen-bond donors (Lipinski definition) is 1. The molecule has 1 aromatic carbocycles. The van der Waals surface area contributed by atoms with Crippen LogP contribution < -0.4 is 5.43 Å². The number of carbonyl (C=O) groups excluding carboxylic acids is 1. The van der Waals surface area contributed by atoms with Crippen LogP contribution in [0, 0.1) is 20.8 Å². The van der Waals surface area contributed by atoms with Crippen LogP contribution in [0.5, 0.6) is 0 Å². The van der Waals surface area contributed by atoms with Gasteiger partial charge >= 0.3 is 0 Å². The van der Waals surface area contributed by atoms with Crippen molar-refractivity contribution in [2.45, 2.75) is 38.2 Å². The fourth-order valence-electron chi connectivity index (χ4n) is 3.27. The number of benzene rings is 1. The highest BCUT2D eigenvalue weighted by atomic mass is 32.2. The SMILES string of the molecule is Cc1ccccc1-n1c(C)cc(/C=N\NC(=O)CC2(C)SCCS2)c1C. The van der Waals surface area contributed by atoms with Crippen LogP contribution in [0.1, 0.15) is 35.9 Å². The highest BCUT2D eigenvalue weighted by molar-refractivity contribution is 8.21. The lowest BCUT2D eigenvalue weighted by Gasteiger charge is -2.19. The molecule has 0 saturated carbocycles. The Bertz CT molecular complexity index is 836. The Balaban J connectivity index is 1.71. The Morgan fingerprint density at radius 3 is 2.65 bits per heavy atom. The van der Waals surface area contributed by atoms with Crippen molar-refractivity contribution in [1.29, 1.82) is 0 Å². The topological polar surface area (TPSA) is 46.4 Å². The summed E-state index contributed by atoms with van der Waals surface area (Å²) < 4.78 is 2.21. The minimum absolute atomic E-state index is 0.0136. The van der Waals surface area contributed by atoms with E-state index >= 15 is 0 Å². The molecular formula is C20H25N3OS2. The highest BCUT2D eigenvalue weighted by Gasteiger charge is 2.32. The Hall–Kier alpha value is -1.66. The van der Waals surface area contributed by atoms with E-state index in [0.717, 1.165) is 28.5 Å². The lowest BCUT2D eigenvalue weighted by molar-refractivity contribution is -0.121. The van der Waals surface area contributed by atoms with Gasteiger partial charge < -0.3 is 4.57 Å². The van der Waals surface area contributed by atoms with Crippen molar-refractivity contribution in [3.05, 3.63) is 52.8 Å². The molecule has 1 saturated heterocycles. The molecule has 4 nitrogen and oxygen atoms in total. The summed E-state index contributed by atoms with van der Waals surface area (Å²) in [6.45, 7) is 8.41. The smallest absolute Gasteiger partial charge is 0.242 e. The van der Waals surface area contributed by atoms with Gasteiger partial charge in [-0.05, 0) is 45.4 Å². The normalized spacial score (nSPS) is 16.3. The third kappa shape index (κ3) is 4.18. The van der Waals surface area contributed by atoms with Gasteiger partial charge in [-0.2, -0.15) is 5.10 Å². The van der Waals surface area contributed by atoms with Gasteiger partial charge in [-0.1, -0.05) is 18.2 Å². The standard InChI is InChI=1S/C20H25N3OS2/c1-14-7-5-6-8-18(14)23-15(2)11-17(16(23)3)13-21-22-19(24)12-20(4)25-9-10-26-20/h5-8,11,13H,9-10,12H2,1-4H3,(H,22,24)/b21-13-. The summed E-state index contributed by atoms with van der Waals surface area (Å²) >= 11 is 3.71. The van der Waals surface area contributed by atoms with E-state index in [1.54, 1.807) is 6.21 Å². The summed E-state index contributed by atoms with van der Waals surface area (Å²) in [4.78, 5) is 12.2. The van der Waals surface area contributed by atoms with Crippen LogP contribution in [-0.2, 0) is 4.79 Å². The van der Waals surface area contributed by atoms with Crippen LogP contribution in [0.15, 0.2) is 35.4 Å². The molecule has 1 amide bonds. The van der Waals surface area contributed by atoms with Crippen molar-refractivity contribution in [3.63, 3.8) is 0 Å². The second kappa shape index (κ2) is 7.92. The number of nitrogens with one attached hydrogen (secondary N) is 1. The van der Waals surface area contributed by atoms with E-state index < -0.39 is 0 Å². The van der Waals surface area contributed by atoms with Crippen LogP contribution in [0.2, 0.25) is 0 Å². The molecule has 1 aromatic heterocycles. The van der Waals surface area contributed by atoms with Crippen molar-refractivity contribution in [2.24, 2.45) is 5.10 Å². The van der Waals surface area contributed by atoms with E-state index in [1.807, 2.05) is 29.6 Å². The average molecular weight is 388 g/mol. The largest absolute Gasteiger partial charge is 0.318 e. The monoisotopic (exact) mass is 387 g/mol. The molecule has 0 atom stereocenters. The number of aromatic nitrogens is 1. The summed E-state index contributed by atoms with van der Waals surface area (Å²) in [6, 6.07) is 10.4. The second-order valence-corrected chi connectivity index (χ2v) is 10.2.